The summed E-state index contributed by atoms with van der Waals surface area (Å²) in [5.74, 6) is -1.15. The number of imide groups is 1. The van der Waals surface area contributed by atoms with E-state index in [4.69, 9.17) is 11.6 Å². The van der Waals surface area contributed by atoms with E-state index in [1.807, 2.05) is 48.7 Å². The van der Waals surface area contributed by atoms with E-state index >= 15 is 0 Å². The number of methoxy groups -OCH3 is 1. The van der Waals surface area contributed by atoms with Crippen molar-refractivity contribution in [1.82, 2.24) is 9.47 Å². The lowest BCUT2D eigenvalue weighted by Gasteiger charge is -2.11. The molecule has 2 aromatic rings. The summed E-state index contributed by atoms with van der Waals surface area (Å²) >= 11 is 7.12. The van der Waals surface area contributed by atoms with Crippen molar-refractivity contribution in [3.8, 4) is 5.69 Å². The minimum atomic E-state index is -0.643. The Kier molecular flexibility index (Phi) is 5.43. The van der Waals surface area contributed by atoms with E-state index in [1.54, 1.807) is 6.08 Å². The minimum Gasteiger partial charge on any atom is -0.468 e. The molecule has 0 unspecified atom stereocenters. The highest BCUT2D eigenvalue weighted by atomic mass is 35.5. The Balaban J connectivity index is 1.96. The molecule has 1 aromatic carbocycles. The lowest BCUT2D eigenvalue weighted by molar-refractivity contribution is -0.143. The van der Waals surface area contributed by atoms with Gasteiger partial charge in [-0.25, -0.2) is 0 Å². The number of benzene rings is 1. The first-order valence-corrected chi connectivity index (χ1v) is 9.29. The van der Waals surface area contributed by atoms with Crippen LogP contribution in [0.2, 0.25) is 5.02 Å². The maximum atomic E-state index is 12.5. The molecule has 1 saturated heterocycles. The second-order valence-corrected chi connectivity index (χ2v) is 7.36. The van der Waals surface area contributed by atoms with Crippen molar-refractivity contribution in [2.45, 2.75) is 13.8 Å². The van der Waals surface area contributed by atoms with Crippen molar-refractivity contribution in [3.63, 3.8) is 0 Å². The van der Waals surface area contributed by atoms with E-state index in [9.17, 15) is 14.4 Å². The van der Waals surface area contributed by atoms with Gasteiger partial charge in [0.1, 0.15) is 6.54 Å². The number of esters is 1. The van der Waals surface area contributed by atoms with Crippen LogP contribution in [0, 0.1) is 13.8 Å². The lowest BCUT2D eigenvalue weighted by atomic mass is 10.2. The van der Waals surface area contributed by atoms with Crippen molar-refractivity contribution >= 4 is 46.6 Å². The van der Waals surface area contributed by atoms with Crippen LogP contribution < -0.4 is 0 Å². The highest BCUT2D eigenvalue weighted by Crippen LogP contribution is 2.34. The average Bonchev–Trinajstić information content (AvgIpc) is 3.06. The summed E-state index contributed by atoms with van der Waals surface area (Å²) < 4.78 is 6.52. The maximum Gasteiger partial charge on any atom is 0.325 e. The fraction of sp³-hybridized carbons (Fsp3) is 0.211. The average molecular weight is 405 g/mol. The predicted octanol–water partition coefficient (Wildman–Crippen LogP) is 3.96. The third-order valence-corrected chi connectivity index (χ3v) is 5.47. The SMILES string of the molecule is COC(=O)CN1C(=O)S/C(=C\c2cc(C)n(-c3ccccc3Cl)c2C)C1=O. The van der Waals surface area contributed by atoms with Crippen LogP contribution in [0.4, 0.5) is 4.79 Å². The van der Waals surface area contributed by atoms with Gasteiger partial charge in [0, 0.05) is 11.4 Å². The number of amides is 2. The number of para-hydroxylation sites is 1. The number of carbonyl (C=O) groups excluding carboxylic acids is 3. The van der Waals surface area contributed by atoms with Crippen LogP contribution in [0.15, 0.2) is 35.2 Å². The van der Waals surface area contributed by atoms with Gasteiger partial charge in [0.2, 0.25) is 0 Å². The number of hydrogen-bond donors (Lipinski definition) is 0. The molecule has 0 bridgehead atoms. The second kappa shape index (κ2) is 7.62. The molecule has 1 aliphatic rings. The smallest absolute Gasteiger partial charge is 0.325 e. The van der Waals surface area contributed by atoms with Gasteiger partial charge in [0.05, 0.1) is 22.7 Å². The number of aryl methyl sites for hydroxylation is 1. The maximum absolute atomic E-state index is 12.5. The molecule has 2 amide bonds. The number of rotatable bonds is 4. The number of nitrogens with zero attached hydrogens (tertiary/aromatic N) is 2. The Morgan fingerprint density at radius 2 is 1.96 bits per heavy atom. The van der Waals surface area contributed by atoms with Crippen LogP contribution in [-0.4, -0.2) is 40.2 Å². The number of ether oxygens (including phenoxy) is 1. The Hall–Kier alpha value is -2.51. The normalized spacial score (nSPS) is 15.7. The van der Waals surface area contributed by atoms with Gasteiger partial charge in [-0.15, -0.1) is 0 Å². The predicted molar refractivity (Wildman–Crippen MR) is 105 cm³/mol. The molecular weight excluding hydrogens is 388 g/mol. The summed E-state index contributed by atoms with van der Waals surface area (Å²) in [4.78, 5) is 37.1. The third kappa shape index (κ3) is 3.65. The molecule has 0 atom stereocenters. The first kappa shape index (κ1) is 19.3. The van der Waals surface area contributed by atoms with E-state index in [0.29, 0.717) is 5.02 Å². The van der Waals surface area contributed by atoms with Gasteiger partial charge in [-0.1, -0.05) is 23.7 Å². The highest BCUT2D eigenvalue weighted by molar-refractivity contribution is 8.18. The summed E-state index contributed by atoms with van der Waals surface area (Å²) in [6.07, 6.45) is 1.66. The number of hydrogen-bond acceptors (Lipinski definition) is 5. The van der Waals surface area contributed by atoms with Gasteiger partial charge in [-0.3, -0.25) is 19.3 Å². The van der Waals surface area contributed by atoms with Gasteiger partial charge in [0.25, 0.3) is 11.1 Å². The molecule has 8 heteroatoms. The Labute approximate surface area is 165 Å². The molecule has 0 N–H and O–H groups in total. The van der Waals surface area contributed by atoms with E-state index in [-0.39, 0.29) is 4.91 Å². The zero-order valence-corrected chi connectivity index (χ0v) is 16.6. The summed E-state index contributed by atoms with van der Waals surface area (Å²) in [6.45, 7) is 3.47. The molecule has 6 nitrogen and oxygen atoms in total. The zero-order valence-electron chi connectivity index (χ0n) is 15.0. The molecule has 0 spiro atoms. The fourth-order valence-corrected chi connectivity index (χ4v) is 3.96. The van der Waals surface area contributed by atoms with E-state index in [0.717, 1.165) is 39.3 Å². The number of thioether (sulfide) groups is 1. The Morgan fingerprint density at radius 1 is 1.26 bits per heavy atom. The molecule has 2 heterocycles. The van der Waals surface area contributed by atoms with E-state index in [1.165, 1.54) is 7.11 Å². The second-order valence-electron chi connectivity index (χ2n) is 5.96. The van der Waals surface area contributed by atoms with Crippen LogP contribution in [-0.2, 0) is 14.3 Å². The largest absolute Gasteiger partial charge is 0.468 e. The minimum absolute atomic E-state index is 0.267. The lowest BCUT2D eigenvalue weighted by Crippen LogP contribution is -2.34. The van der Waals surface area contributed by atoms with Gasteiger partial charge in [0.15, 0.2) is 0 Å². The van der Waals surface area contributed by atoms with Gasteiger partial charge in [-0.2, -0.15) is 0 Å². The van der Waals surface area contributed by atoms with Crippen molar-refractivity contribution in [2.24, 2.45) is 0 Å². The van der Waals surface area contributed by atoms with E-state index in [2.05, 4.69) is 4.74 Å². The van der Waals surface area contributed by atoms with Crippen molar-refractivity contribution in [3.05, 3.63) is 57.2 Å². The molecule has 1 fully saturated rings. The molecule has 0 radical (unpaired) electrons. The molecule has 27 heavy (non-hydrogen) atoms. The summed E-state index contributed by atoms with van der Waals surface area (Å²) in [5, 5.41) is 0.126. The van der Waals surface area contributed by atoms with Crippen LogP contribution in [0.25, 0.3) is 11.8 Å². The van der Waals surface area contributed by atoms with Crippen LogP contribution in [0.3, 0.4) is 0 Å². The molecule has 1 aromatic heterocycles. The fourth-order valence-electron chi connectivity index (χ4n) is 2.91. The molecule has 0 aliphatic carbocycles. The van der Waals surface area contributed by atoms with Gasteiger partial charge >= 0.3 is 5.97 Å². The Bertz CT molecular complexity index is 980. The topological polar surface area (TPSA) is 68.6 Å². The first-order valence-electron chi connectivity index (χ1n) is 8.09. The molecule has 0 saturated carbocycles. The number of carbonyl (C=O) groups is 3. The quantitative estimate of drug-likeness (QED) is 0.570. The van der Waals surface area contributed by atoms with Gasteiger partial charge in [-0.05, 0) is 55.4 Å². The van der Waals surface area contributed by atoms with E-state index < -0.39 is 23.7 Å². The number of halogens is 1. The monoisotopic (exact) mass is 404 g/mol. The highest BCUT2D eigenvalue weighted by Gasteiger charge is 2.36. The van der Waals surface area contributed by atoms with Gasteiger partial charge < -0.3 is 9.30 Å². The summed E-state index contributed by atoms with van der Waals surface area (Å²) in [7, 11) is 1.21. The molecule has 1 aliphatic heterocycles. The molecular formula is C19H17ClN2O4S. The van der Waals surface area contributed by atoms with Crippen LogP contribution >= 0.6 is 23.4 Å². The number of aromatic nitrogens is 1. The molecule has 140 valence electrons. The zero-order chi connectivity index (χ0) is 19.7. The van der Waals surface area contributed by atoms with Crippen molar-refractivity contribution in [2.75, 3.05) is 13.7 Å². The van der Waals surface area contributed by atoms with Crippen LogP contribution in [0.1, 0.15) is 17.0 Å². The van der Waals surface area contributed by atoms with Crippen molar-refractivity contribution in [1.29, 1.82) is 0 Å². The molecule has 3 rings (SSSR count). The first-order chi connectivity index (χ1) is 12.8. The van der Waals surface area contributed by atoms with Crippen LogP contribution in [0.5, 0.6) is 0 Å². The van der Waals surface area contributed by atoms with Crippen molar-refractivity contribution < 1.29 is 19.1 Å². The third-order valence-electron chi connectivity index (χ3n) is 4.24. The summed E-state index contributed by atoms with van der Waals surface area (Å²) in [6, 6.07) is 9.41. The summed E-state index contributed by atoms with van der Waals surface area (Å²) in [5.41, 5.74) is 3.48. The standard InChI is InChI=1S/C19H17ClN2O4S/c1-11-8-13(12(2)22(11)15-7-5-4-6-14(15)20)9-16-18(24)21(19(25)27-16)10-17(23)26-3/h4-9H,10H2,1-3H3/b16-9-. The Morgan fingerprint density at radius 3 is 2.63 bits per heavy atom.